The molecule has 2 unspecified atom stereocenters. The van der Waals surface area contributed by atoms with Gasteiger partial charge in [-0.25, -0.2) is 0 Å². The van der Waals surface area contributed by atoms with E-state index in [4.69, 9.17) is 11.6 Å². The van der Waals surface area contributed by atoms with Gasteiger partial charge >= 0.3 is 0 Å². The van der Waals surface area contributed by atoms with Crippen molar-refractivity contribution in [1.29, 1.82) is 0 Å². The lowest BCUT2D eigenvalue weighted by molar-refractivity contribution is 0.0592. The van der Waals surface area contributed by atoms with Crippen LogP contribution in [0.15, 0.2) is 0 Å². The average molecular weight is 233 g/mol. The molecule has 0 saturated carbocycles. The summed E-state index contributed by atoms with van der Waals surface area (Å²) in [4.78, 5) is 5.08. The molecule has 1 fully saturated rings. The Morgan fingerprint density at radius 2 is 1.67 bits per heavy atom. The second kappa shape index (κ2) is 6.72. The molecule has 1 heterocycles. The van der Waals surface area contributed by atoms with Crippen molar-refractivity contribution in [3.05, 3.63) is 0 Å². The fourth-order valence-corrected chi connectivity index (χ4v) is 2.49. The first-order chi connectivity index (χ1) is 7.15. The zero-order valence-electron chi connectivity index (χ0n) is 10.4. The minimum absolute atomic E-state index is 0.696. The summed E-state index contributed by atoms with van der Waals surface area (Å²) in [7, 11) is 2.24. The van der Waals surface area contributed by atoms with Crippen molar-refractivity contribution in [2.45, 2.75) is 45.2 Å². The highest BCUT2D eigenvalue weighted by molar-refractivity contribution is 6.17. The van der Waals surface area contributed by atoms with Gasteiger partial charge in [-0.1, -0.05) is 6.42 Å². The van der Waals surface area contributed by atoms with Gasteiger partial charge in [0, 0.05) is 31.1 Å². The number of hydrogen-bond acceptors (Lipinski definition) is 2. The van der Waals surface area contributed by atoms with Crippen LogP contribution in [0.1, 0.15) is 33.1 Å². The number of nitrogens with zero attached hydrogens (tertiary/aromatic N) is 2. The Balaban J connectivity index is 2.20. The molecular formula is C12H25ClN2. The molecular weight excluding hydrogens is 208 g/mol. The van der Waals surface area contributed by atoms with Crippen molar-refractivity contribution in [2.24, 2.45) is 0 Å². The van der Waals surface area contributed by atoms with Gasteiger partial charge in [0.15, 0.2) is 0 Å². The first-order valence-corrected chi connectivity index (χ1v) is 6.69. The number of alkyl halides is 1. The van der Waals surface area contributed by atoms with E-state index in [1.165, 1.54) is 38.9 Å². The topological polar surface area (TPSA) is 6.48 Å². The smallest absolute Gasteiger partial charge is 0.0223 e. The van der Waals surface area contributed by atoms with Crippen LogP contribution in [-0.4, -0.2) is 54.4 Å². The minimum Gasteiger partial charge on any atom is -0.300 e. The van der Waals surface area contributed by atoms with Crippen molar-refractivity contribution in [1.82, 2.24) is 9.80 Å². The average Bonchev–Trinajstić information content (AvgIpc) is 2.21. The van der Waals surface area contributed by atoms with Crippen LogP contribution in [0.5, 0.6) is 0 Å². The summed E-state index contributed by atoms with van der Waals surface area (Å²) in [6.45, 7) is 8.34. The Bertz CT molecular complexity index is 163. The minimum atomic E-state index is 0.696. The number of piperazine rings is 1. The van der Waals surface area contributed by atoms with Gasteiger partial charge in [0.2, 0.25) is 0 Å². The Hall–Kier alpha value is 0.210. The first-order valence-electron chi connectivity index (χ1n) is 6.15. The maximum absolute atomic E-state index is 5.67. The molecule has 0 amide bonds. The van der Waals surface area contributed by atoms with E-state index >= 15 is 0 Å². The van der Waals surface area contributed by atoms with Gasteiger partial charge in [-0.3, -0.25) is 4.90 Å². The largest absolute Gasteiger partial charge is 0.300 e. The molecule has 0 radical (unpaired) electrons. The van der Waals surface area contributed by atoms with Crippen LogP contribution in [-0.2, 0) is 0 Å². The molecule has 90 valence electrons. The maximum atomic E-state index is 5.67. The lowest BCUT2D eigenvalue weighted by Crippen LogP contribution is -2.54. The van der Waals surface area contributed by atoms with Crippen LogP contribution in [0.4, 0.5) is 0 Å². The molecule has 15 heavy (non-hydrogen) atoms. The van der Waals surface area contributed by atoms with Gasteiger partial charge in [0.05, 0.1) is 0 Å². The quantitative estimate of drug-likeness (QED) is 0.531. The Morgan fingerprint density at radius 1 is 1.07 bits per heavy atom. The molecule has 0 aromatic heterocycles. The molecule has 1 rings (SSSR count). The molecule has 2 atom stereocenters. The second-order valence-electron chi connectivity index (χ2n) is 4.87. The van der Waals surface area contributed by atoms with E-state index in [-0.39, 0.29) is 0 Å². The number of hydrogen-bond donors (Lipinski definition) is 0. The monoisotopic (exact) mass is 232 g/mol. The first kappa shape index (κ1) is 13.3. The van der Waals surface area contributed by atoms with Crippen molar-refractivity contribution >= 4 is 11.6 Å². The third kappa shape index (κ3) is 4.29. The predicted molar refractivity (Wildman–Crippen MR) is 67.7 cm³/mol. The van der Waals surface area contributed by atoms with Gasteiger partial charge in [0.25, 0.3) is 0 Å². The van der Waals surface area contributed by atoms with E-state index in [0.29, 0.717) is 12.1 Å². The lowest BCUT2D eigenvalue weighted by Gasteiger charge is -2.42. The van der Waals surface area contributed by atoms with E-state index in [9.17, 15) is 0 Å². The number of likely N-dealkylation sites (N-methyl/N-ethyl adjacent to an activating group) is 1. The van der Waals surface area contributed by atoms with Crippen LogP contribution in [0.2, 0.25) is 0 Å². The Morgan fingerprint density at radius 3 is 2.20 bits per heavy atom. The van der Waals surface area contributed by atoms with Crippen molar-refractivity contribution in [3.63, 3.8) is 0 Å². The predicted octanol–water partition coefficient (Wildman–Crippen LogP) is 2.42. The van der Waals surface area contributed by atoms with E-state index < -0.39 is 0 Å². The van der Waals surface area contributed by atoms with Crippen LogP contribution in [0, 0.1) is 0 Å². The van der Waals surface area contributed by atoms with Crippen molar-refractivity contribution < 1.29 is 0 Å². The van der Waals surface area contributed by atoms with Crippen molar-refractivity contribution in [3.8, 4) is 0 Å². The molecule has 2 nitrogen and oxygen atoms in total. The third-order valence-corrected chi connectivity index (χ3v) is 3.81. The number of unbranched alkanes of at least 4 members (excludes halogenated alkanes) is 2. The number of halogens is 1. The van der Waals surface area contributed by atoms with Crippen LogP contribution >= 0.6 is 11.6 Å². The fourth-order valence-electron chi connectivity index (χ4n) is 2.30. The van der Waals surface area contributed by atoms with Crippen LogP contribution in [0.25, 0.3) is 0 Å². The highest BCUT2D eigenvalue weighted by Crippen LogP contribution is 2.13. The maximum Gasteiger partial charge on any atom is 0.0223 e. The molecule has 0 spiro atoms. The summed E-state index contributed by atoms with van der Waals surface area (Å²) in [5.74, 6) is 0.815. The molecule has 0 N–H and O–H groups in total. The summed E-state index contributed by atoms with van der Waals surface area (Å²) in [6, 6.07) is 1.39. The molecule has 1 aliphatic heterocycles. The zero-order chi connectivity index (χ0) is 11.3. The van der Waals surface area contributed by atoms with Gasteiger partial charge in [-0.05, 0) is 40.3 Å². The summed E-state index contributed by atoms with van der Waals surface area (Å²) >= 11 is 5.67. The van der Waals surface area contributed by atoms with E-state index in [2.05, 4.69) is 30.7 Å². The van der Waals surface area contributed by atoms with Gasteiger partial charge in [-0.15, -0.1) is 11.6 Å². The summed E-state index contributed by atoms with van der Waals surface area (Å²) in [5.41, 5.74) is 0. The molecule has 1 aliphatic rings. The van der Waals surface area contributed by atoms with Gasteiger partial charge < -0.3 is 4.90 Å². The Kier molecular flexibility index (Phi) is 5.95. The SMILES string of the molecule is CC1CN(CCCCCCl)CC(C)N1C. The normalized spacial score (nSPS) is 29.6. The molecule has 3 heteroatoms. The molecule has 0 aliphatic carbocycles. The lowest BCUT2D eigenvalue weighted by atomic mass is 10.1. The summed E-state index contributed by atoms with van der Waals surface area (Å²) in [5, 5.41) is 0. The molecule has 0 aromatic rings. The third-order valence-electron chi connectivity index (χ3n) is 3.54. The van der Waals surface area contributed by atoms with E-state index in [0.717, 1.165) is 5.88 Å². The molecule has 0 aromatic carbocycles. The van der Waals surface area contributed by atoms with Crippen LogP contribution in [0.3, 0.4) is 0 Å². The highest BCUT2D eigenvalue weighted by Gasteiger charge is 2.25. The van der Waals surface area contributed by atoms with Crippen molar-refractivity contribution in [2.75, 3.05) is 32.6 Å². The standard InChI is InChI=1S/C12H25ClN2/c1-11-9-15(8-6-4-5-7-13)10-12(2)14(11)3/h11-12H,4-10H2,1-3H3. The Labute approximate surface area is 99.6 Å². The van der Waals surface area contributed by atoms with E-state index in [1.54, 1.807) is 0 Å². The molecule has 1 saturated heterocycles. The van der Waals surface area contributed by atoms with Gasteiger partial charge in [-0.2, -0.15) is 0 Å². The second-order valence-corrected chi connectivity index (χ2v) is 5.25. The zero-order valence-corrected chi connectivity index (χ0v) is 11.1. The number of rotatable bonds is 5. The molecule has 0 bridgehead atoms. The summed E-state index contributed by atoms with van der Waals surface area (Å²) in [6.07, 6.45) is 3.74. The fraction of sp³-hybridized carbons (Fsp3) is 1.00. The summed E-state index contributed by atoms with van der Waals surface area (Å²) < 4.78 is 0. The van der Waals surface area contributed by atoms with E-state index in [1.807, 2.05) is 0 Å². The highest BCUT2D eigenvalue weighted by atomic mass is 35.5. The van der Waals surface area contributed by atoms with Gasteiger partial charge in [0.1, 0.15) is 0 Å². The van der Waals surface area contributed by atoms with Crippen LogP contribution < -0.4 is 0 Å².